The number of carbonyl (C=O) groups excluding carboxylic acids is 1. The van der Waals surface area contributed by atoms with Crippen molar-refractivity contribution in [2.45, 2.75) is 18.3 Å². The topological polar surface area (TPSA) is 129 Å². The Morgan fingerprint density at radius 1 is 0.967 bits per heavy atom. The van der Waals surface area contributed by atoms with Crippen molar-refractivity contribution in [1.82, 2.24) is 15.0 Å². The first-order valence-electron chi connectivity index (χ1n) is 9.64. The van der Waals surface area contributed by atoms with Crippen LogP contribution in [0.4, 0.5) is 5.95 Å². The lowest BCUT2D eigenvalue weighted by molar-refractivity contribution is 0.0701. The number of rotatable bonds is 4. The van der Waals surface area contributed by atoms with Gasteiger partial charge in [-0.2, -0.15) is 4.99 Å². The maximum absolute atomic E-state index is 12.6. The van der Waals surface area contributed by atoms with Crippen molar-refractivity contribution >= 4 is 17.7 Å². The fourth-order valence-electron chi connectivity index (χ4n) is 3.66. The van der Waals surface area contributed by atoms with Gasteiger partial charge in [-0.05, 0) is 36.1 Å². The van der Waals surface area contributed by atoms with Gasteiger partial charge < -0.3 is 16.2 Å². The molecule has 2 aromatic heterocycles. The number of hydrogen-bond acceptors (Lipinski definition) is 6. The molecule has 0 radical (unpaired) electrons. The Balaban J connectivity index is 1.67. The van der Waals surface area contributed by atoms with Gasteiger partial charge in [-0.1, -0.05) is 24.3 Å². The van der Waals surface area contributed by atoms with E-state index in [1.54, 1.807) is 36.9 Å². The summed E-state index contributed by atoms with van der Waals surface area (Å²) < 4.78 is 5.56. The maximum atomic E-state index is 12.6. The minimum Gasteiger partial charge on any atom is -0.386 e. The number of ether oxygens (including phenoxy) is 1. The molecule has 4 rings (SSSR count). The van der Waals surface area contributed by atoms with Gasteiger partial charge in [0.2, 0.25) is 5.95 Å². The van der Waals surface area contributed by atoms with E-state index in [0.29, 0.717) is 37.5 Å². The minimum absolute atomic E-state index is 0.236. The number of nitrogen functional groups attached to an aromatic ring is 1. The van der Waals surface area contributed by atoms with Crippen molar-refractivity contribution in [3.63, 3.8) is 0 Å². The summed E-state index contributed by atoms with van der Waals surface area (Å²) in [5.74, 6) is 0.159. The summed E-state index contributed by atoms with van der Waals surface area (Å²) in [7, 11) is 0. The summed E-state index contributed by atoms with van der Waals surface area (Å²) in [6.07, 6.45) is 7.79. The van der Waals surface area contributed by atoms with Gasteiger partial charge >= 0.3 is 0 Å². The molecular weight excluding hydrogens is 380 g/mol. The summed E-state index contributed by atoms with van der Waals surface area (Å²) >= 11 is 0. The molecule has 1 saturated heterocycles. The third-order valence-corrected chi connectivity index (χ3v) is 5.43. The van der Waals surface area contributed by atoms with Crippen molar-refractivity contribution in [3.05, 3.63) is 72.3 Å². The average molecular weight is 402 g/mol. The van der Waals surface area contributed by atoms with Gasteiger partial charge in [0.15, 0.2) is 0 Å². The predicted molar refractivity (Wildman–Crippen MR) is 114 cm³/mol. The zero-order valence-electron chi connectivity index (χ0n) is 16.4. The molecule has 0 atom stereocenters. The lowest BCUT2D eigenvalue weighted by atomic mass is 9.73. The van der Waals surface area contributed by atoms with Gasteiger partial charge in [-0.15, -0.1) is 0 Å². The zero-order valence-corrected chi connectivity index (χ0v) is 16.4. The first kappa shape index (κ1) is 19.7. The molecule has 8 heteroatoms. The van der Waals surface area contributed by atoms with E-state index in [2.05, 4.69) is 19.9 Å². The van der Waals surface area contributed by atoms with E-state index in [4.69, 9.17) is 16.2 Å². The van der Waals surface area contributed by atoms with Crippen LogP contribution in [0.1, 0.15) is 28.8 Å². The summed E-state index contributed by atoms with van der Waals surface area (Å²) in [6.45, 7) is 1.10. The second kappa shape index (κ2) is 8.38. The van der Waals surface area contributed by atoms with Crippen LogP contribution in [0.2, 0.25) is 0 Å². The fraction of sp³-hybridized carbons (Fsp3) is 0.227. The molecule has 8 nitrogen and oxygen atoms in total. The molecular formula is C22H22N6O2. The second-order valence-corrected chi connectivity index (χ2v) is 7.14. The highest BCUT2D eigenvalue weighted by Gasteiger charge is 2.39. The van der Waals surface area contributed by atoms with Gasteiger partial charge in [-0.25, -0.2) is 9.97 Å². The Kier molecular flexibility index (Phi) is 5.49. The smallest absolute Gasteiger partial charge is 0.278 e. The van der Waals surface area contributed by atoms with Crippen molar-refractivity contribution in [2.75, 3.05) is 18.9 Å². The zero-order chi connectivity index (χ0) is 21.0. The lowest BCUT2D eigenvalue weighted by Gasteiger charge is -2.37. The average Bonchev–Trinajstić information content (AvgIpc) is 2.80. The highest BCUT2D eigenvalue weighted by atomic mass is 16.5. The van der Waals surface area contributed by atoms with E-state index < -0.39 is 5.41 Å². The third-order valence-electron chi connectivity index (χ3n) is 5.43. The summed E-state index contributed by atoms with van der Waals surface area (Å²) in [5.41, 5.74) is 14.7. The number of nitrogens with zero attached hydrogens (tertiary/aromatic N) is 4. The third kappa shape index (κ3) is 3.90. The van der Waals surface area contributed by atoms with Gasteiger partial charge in [0.25, 0.3) is 5.91 Å². The van der Waals surface area contributed by atoms with Crippen LogP contribution in [-0.4, -0.2) is 39.9 Å². The number of benzene rings is 1. The maximum Gasteiger partial charge on any atom is 0.278 e. The van der Waals surface area contributed by atoms with Crippen molar-refractivity contribution in [1.29, 1.82) is 0 Å². The molecule has 4 N–H and O–H groups in total. The SMILES string of the molecule is NC(=NC(=O)c1ccncc1)C1(c2ccc(-c3cnc(N)nc3)cc2)CCOCC1. The molecule has 0 saturated carbocycles. The van der Waals surface area contributed by atoms with Crippen molar-refractivity contribution in [2.24, 2.45) is 10.7 Å². The molecule has 0 spiro atoms. The fourth-order valence-corrected chi connectivity index (χ4v) is 3.66. The Hall–Kier alpha value is -3.65. The van der Waals surface area contributed by atoms with Gasteiger partial charge in [0.1, 0.15) is 5.84 Å². The Labute approximate surface area is 174 Å². The van der Waals surface area contributed by atoms with Crippen LogP contribution in [0, 0.1) is 0 Å². The number of pyridine rings is 1. The summed E-state index contributed by atoms with van der Waals surface area (Å²) in [5, 5.41) is 0. The van der Waals surface area contributed by atoms with E-state index >= 15 is 0 Å². The number of amidine groups is 1. The van der Waals surface area contributed by atoms with E-state index in [1.165, 1.54) is 0 Å². The first-order chi connectivity index (χ1) is 14.6. The first-order valence-corrected chi connectivity index (χ1v) is 9.64. The van der Waals surface area contributed by atoms with Gasteiger partial charge in [0.05, 0.1) is 5.41 Å². The Bertz CT molecular complexity index is 1040. The largest absolute Gasteiger partial charge is 0.386 e. The molecule has 1 amide bonds. The van der Waals surface area contributed by atoms with Crippen LogP contribution in [0.3, 0.4) is 0 Å². The van der Waals surface area contributed by atoms with Crippen molar-refractivity contribution < 1.29 is 9.53 Å². The standard InChI is InChI=1S/C22H22N6O2/c23-20(28-19(29)16-5-9-25-10-6-16)22(7-11-30-12-8-22)18-3-1-15(2-4-18)17-13-26-21(24)27-14-17/h1-6,9-10,13-14H,7-8,11-12H2,(H2,23,28,29)(H2,24,26,27). The molecule has 0 unspecified atom stereocenters. The number of carbonyl (C=O) groups is 1. The van der Waals surface area contributed by atoms with Crippen LogP contribution in [0.25, 0.3) is 11.1 Å². The van der Waals surface area contributed by atoms with Crippen LogP contribution >= 0.6 is 0 Å². The van der Waals surface area contributed by atoms with Crippen LogP contribution in [0.5, 0.6) is 0 Å². The number of nitrogens with two attached hydrogens (primary N) is 2. The number of aromatic nitrogens is 3. The normalized spacial score (nSPS) is 16.2. The molecule has 1 aromatic carbocycles. The molecule has 3 aromatic rings. The highest BCUT2D eigenvalue weighted by molar-refractivity contribution is 6.06. The number of aliphatic imine (C=N–C) groups is 1. The van der Waals surface area contributed by atoms with Crippen molar-refractivity contribution in [3.8, 4) is 11.1 Å². The van der Waals surface area contributed by atoms with E-state index in [0.717, 1.165) is 16.7 Å². The van der Waals surface area contributed by atoms with E-state index in [-0.39, 0.29) is 11.9 Å². The molecule has 30 heavy (non-hydrogen) atoms. The van der Waals surface area contributed by atoms with Crippen LogP contribution in [-0.2, 0) is 10.2 Å². The van der Waals surface area contributed by atoms with Gasteiger partial charge in [0, 0.05) is 49.1 Å². The predicted octanol–water partition coefficient (Wildman–Crippen LogP) is 2.37. The Morgan fingerprint density at radius 2 is 1.60 bits per heavy atom. The molecule has 152 valence electrons. The molecule has 1 fully saturated rings. The molecule has 1 aliphatic heterocycles. The molecule has 1 aliphatic rings. The second-order valence-electron chi connectivity index (χ2n) is 7.14. The minimum atomic E-state index is -0.558. The van der Waals surface area contributed by atoms with Crippen LogP contribution in [0.15, 0.2) is 66.2 Å². The number of hydrogen-bond donors (Lipinski definition) is 2. The lowest BCUT2D eigenvalue weighted by Crippen LogP contribution is -2.46. The Morgan fingerprint density at radius 3 is 2.23 bits per heavy atom. The van der Waals surface area contributed by atoms with Gasteiger partial charge in [-0.3, -0.25) is 9.78 Å². The van der Waals surface area contributed by atoms with E-state index in [9.17, 15) is 4.79 Å². The molecule has 0 bridgehead atoms. The quantitative estimate of drug-likeness (QED) is 0.506. The molecule has 0 aliphatic carbocycles. The van der Waals surface area contributed by atoms with E-state index in [1.807, 2.05) is 24.3 Å². The number of anilines is 1. The van der Waals surface area contributed by atoms with Crippen LogP contribution < -0.4 is 11.5 Å². The highest BCUT2D eigenvalue weighted by Crippen LogP contribution is 2.36. The molecule has 3 heterocycles. The summed E-state index contributed by atoms with van der Waals surface area (Å²) in [6, 6.07) is 11.2. The number of amides is 1. The summed E-state index contributed by atoms with van der Waals surface area (Å²) in [4.78, 5) is 28.8. The monoisotopic (exact) mass is 402 g/mol.